The highest BCUT2D eigenvalue weighted by Crippen LogP contribution is 2.17. The molecule has 2 atom stereocenters. The summed E-state index contributed by atoms with van der Waals surface area (Å²) in [5, 5.41) is 7.43. The first-order chi connectivity index (χ1) is 8.04. The van der Waals surface area contributed by atoms with E-state index in [9.17, 15) is 0 Å². The lowest BCUT2D eigenvalue weighted by Crippen LogP contribution is -2.31. The fourth-order valence-corrected chi connectivity index (χ4v) is 1.56. The lowest BCUT2D eigenvalue weighted by Gasteiger charge is -2.17. The number of nitrogens with zero attached hydrogens (tertiary/aromatic N) is 3. The third-order valence-corrected chi connectivity index (χ3v) is 2.80. The van der Waals surface area contributed by atoms with Crippen LogP contribution in [0.3, 0.4) is 0 Å². The van der Waals surface area contributed by atoms with Gasteiger partial charge in [-0.15, -0.1) is 0 Å². The Balaban J connectivity index is 2.56. The zero-order valence-electron chi connectivity index (χ0n) is 11.5. The van der Waals surface area contributed by atoms with Gasteiger partial charge in [0.1, 0.15) is 0 Å². The summed E-state index contributed by atoms with van der Waals surface area (Å²) in [5.74, 6) is 1.71. The molecule has 0 saturated heterocycles. The third-order valence-electron chi connectivity index (χ3n) is 2.80. The Hall–Kier alpha value is -0.940. The van der Waals surface area contributed by atoms with E-state index in [2.05, 4.69) is 36.2 Å². The SMILES string of the molecule is CCCNC(C)C(C)c1nc(CN(C)C)no1. The molecule has 2 unspecified atom stereocenters. The molecule has 0 radical (unpaired) electrons. The van der Waals surface area contributed by atoms with Crippen LogP contribution in [0.15, 0.2) is 4.52 Å². The number of hydrogen-bond acceptors (Lipinski definition) is 5. The van der Waals surface area contributed by atoms with Crippen molar-refractivity contribution in [2.45, 2.75) is 45.7 Å². The summed E-state index contributed by atoms with van der Waals surface area (Å²) in [7, 11) is 3.98. The number of rotatable bonds is 7. The maximum Gasteiger partial charge on any atom is 0.231 e. The minimum atomic E-state index is 0.241. The first-order valence-electron chi connectivity index (χ1n) is 6.25. The largest absolute Gasteiger partial charge is 0.339 e. The van der Waals surface area contributed by atoms with Gasteiger partial charge in [-0.05, 0) is 34.0 Å². The van der Waals surface area contributed by atoms with Crippen LogP contribution < -0.4 is 5.32 Å². The molecular formula is C12H24N4O. The molecule has 0 aliphatic heterocycles. The molecule has 0 aliphatic carbocycles. The Morgan fingerprint density at radius 1 is 1.35 bits per heavy atom. The van der Waals surface area contributed by atoms with Crippen LogP contribution in [-0.4, -0.2) is 41.7 Å². The zero-order valence-corrected chi connectivity index (χ0v) is 11.5. The second-order valence-electron chi connectivity index (χ2n) is 4.82. The first kappa shape index (κ1) is 14.1. The van der Waals surface area contributed by atoms with Gasteiger partial charge in [0.15, 0.2) is 5.82 Å². The summed E-state index contributed by atoms with van der Waals surface area (Å²) < 4.78 is 5.30. The number of hydrogen-bond donors (Lipinski definition) is 1. The van der Waals surface area contributed by atoms with Crippen LogP contribution in [0, 0.1) is 0 Å². The van der Waals surface area contributed by atoms with E-state index >= 15 is 0 Å². The molecule has 0 aromatic carbocycles. The summed E-state index contributed by atoms with van der Waals surface area (Å²) in [6, 6.07) is 0.350. The van der Waals surface area contributed by atoms with Crippen LogP contribution >= 0.6 is 0 Å². The fourth-order valence-electron chi connectivity index (χ4n) is 1.56. The molecule has 0 fully saturated rings. The molecule has 1 aromatic rings. The molecule has 0 aliphatic rings. The molecule has 5 heteroatoms. The lowest BCUT2D eigenvalue weighted by atomic mass is 10.0. The molecule has 17 heavy (non-hydrogen) atoms. The van der Waals surface area contributed by atoms with Crippen molar-refractivity contribution in [3.63, 3.8) is 0 Å². The van der Waals surface area contributed by atoms with E-state index in [0.717, 1.165) is 24.7 Å². The van der Waals surface area contributed by atoms with Gasteiger partial charge < -0.3 is 14.7 Å². The van der Waals surface area contributed by atoms with E-state index in [1.165, 1.54) is 0 Å². The summed E-state index contributed by atoms with van der Waals surface area (Å²) in [6.07, 6.45) is 1.13. The normalized spacial score (nSPS) is 15.2. The molecular weight excluding hydrogens is 216 g/mol. The van der Waals surface area contributed by atoms with Crippen LogP contribution in [0.2, 0.25) is 0 Å². The Bertz CT molecular complexity index is 324. The van der Waals surface area contributed by atoms with Gasteiger partial charge in [-0.25, -0.2) is 0 Å². The van der Waals surface area contributed by atoms with Gasteiger partial charge in [-0.2, -0.15) is 4.98 Å². The predicted octanol–water partition coefficient (Wildman–Crippen LogP) is 1.62. The van der Waals surface area contributed by atoms with E-state index in [1.807, 2.05) is 19.0 Å². The fraction of sp³-hybridized carbons (Fsp3) is 0.833. The van der Waals surface area contributed by atoms with Gasteiger partial charge in [0, 0.05) is 6.04 Å². The second-order valence-corrected chi connectivity index (χ2v) is 4.82. The summed E-state index contributed by atoms with van der Waals surface area (Å²) in [6.45, 7) is 8.15. The number of aromatic nitrogens is 2. The molecule has 0 spiro atoms. The molecule has 1 rings (SSSR count). The van der Waals surface area contributed by atoms with Crippen molar-refractivity contribution in [3.05, 3.63) is 11.7 Å². The quantitative estimate of drug-likeness (QED) is 0.785. The average Bonchev–Trinajstić information content (AvgIpc) is 2.72. The smallest absolute Gasteiger partial charge is 0.231 e. The van der Waals surface area contributed by atoms with Crippen molar-refractivity contribution >= 4 is 0 Å². The Morgan fingerprint density at radius 2 is 2.06 bits per heavy atom. The van der Waals surface area contributed by atoms with Crippen molar-refractivity contribution < 1.29 is 4.52 Å². The topological polar surface area (TPSA) is 54.2 Å². The van der Waals surface area contributed by atoms with E-state index in [0.29, 0.717) is 12.6 Å². The summed E-state index contributed by atoms with van der Waals surface area (Å²) in [4.78, 5) is 6.45. The molecule has 0 amide bonds. The second kappa shape index (κ2) is 6.71. The molecule has 1 N–H and O–H groups in total. The highest BCUT2D eigenvalue weighted by Gasteiger charge is 2.20. The average molecular weight is 240 g/mol. The van der Waals surface area contributed by atoms with Crippen molar-refractivity contribution in [1.29, 1.82) is 0 Å². The molecule has 0 saturated carbocycles. The Morgan fingerprint density at radius 3 is 2.65 bits per heavy atom. The van der Waals surface area contributed by atoms with Gasteiger partial charge in [0.25, 0.3) is 0 Å². The highest BCUT2D eigenvalue weighted by molar-refractivity contribution is 4.96. The van der Waals surface area contributed by atoms with Crippen molar-refractivity contribution in [1.82, 2.24) is 20.4 Å². The monoisotopic (exact) mass is 240 g/mol. The van der Waals surface area contributed by atoms with E-state index in [4.69, 9.17) is 4.52 Å². The van der Waals surface area contributed by atoms with Crippen LogP contribution in [0.1, 0.15) is 44.8 Å². The Kier molecular flexibility index (Phi) is 5.58. The molecule has 98 valence electrons. The first-order valence-corrected chi connectivity index (χ1v) is 6.25. The standard InChI is InChI=1S/C12H24N4O/c1-6-7-13-10(3)9(2)12-14-11(15-17-12)8-16(4)5/h9-10,13H,6-8H2,1-5H3. The lowest BCUT2D eigenvalue weighted by molar-refractivity contribution is 0.320. The van der Waals surface area contributed by atoms with Gasteiger partial charge in [-0.3, -0.25) is 0 Å². The maximum absolute atomic E-state index is 5.30. The molecule has 5 nitrogen and oxygen atoms in total. The van der Waals surface area contributed by atoms with Gasteiger partial charge >= 0.3 is 0 Å². The van der Waals surface area contributed by atoms with Crippen molar-refractivity contribution in [2.75, 3.05) is 20.6 Å². The zero-order chi connectivity index (χ0) is 12.8. The molecule has 1 heterocycles. The van der Waals surface area contributed by atoms with E-state index < -0.39 is 0 Å². The third kappa shape index (κ3) is 4.44. The van der Waals surface area contributed by atoms with Crippen LogP contribution in [0.4, 0.5) is 0 Å². The predicted molar refractivity (Wildman–Crippen MR) is 67.9 cm³/mol. The minimum Gasteiger partial charge on any atom is -0.339 e. The molecule has 0 bridgehead atoms. The van der Waals surface area contributed by atoms with Crippen molar-refractivity contribution in [3.8, 4) is 0 Å². The summed E-state index contributed by atoms with van der Waals surface area (Å²) in [5.41, 5.74) is 0. The van der Waals surface area contributed by atoms with Crippen LogP contribution in [0.5, 0.6) is 0 Å². The summed E-state index contributed by atoms with van der Waals surface area (Å²) >= 11 is 0. The molecule has 1 aromatic heterocycles. The number of nitrogens with one attached hydrogen (secondary N) is 1. The van der Waals surface area contributed by atoms with E-state index in [1.54, 1.807) is 0 Å². The van der Waals surface area contributed by atoms with E-state index in [-0.39, 0.29) is 5.92 Å². The van der Waals surface area contributed by atoms with Gasteiger partial charge in [-0.1, -0.05) is 19.0 Å². The van der Waals surface area contributed by atoms with Crippen LogP contribution in [0.25, 0.3) is 0 Å². The Labute approximate surface area is 104 Å². The van der Waals surface area contributed by atoms with Gasteiger partial charge in [0.05, 0.1) is 12.5 Å². The van der Waals surface area contributed by atoms with Crippen molar-refractivity contribution in [2.24, 2.45) is 0 Å². The van der Waals surface area contributed by atoms with Crippen LogP contribution in [-0.2, 0) is 6.54 Å². The highest BCUT2D eigenvalue weighted by atomic mass is 16.5. The van der Waals surface area contributed by atoms with Gasteiger partial charge in [0.2, 0.25) is 5.89 Å². The minimum absolute atomic E-state index is 0.241. The maximum atomic E-state index is 5.30.